The molecule has 4 amide bonds. The maximum Gasteiger partial charge on any atom is 0.321 e. The van der Waals surface area contributed by atoms with Crippen molar-refractivity contribution < 1.29 is 14.4 Å². The highest BCUT2D eigenvalue weighted by Crippen LogP contribution is 2.20. The molecular weight excluding hydrogens is 344 g/mol. The van der Waals surface area contributed by atoms with E-state index in [2.05, 4.69) is 10.6 Å². The van der Waals surface area contributed by atoms with Crippen molar-refractivity contribution in [2.24, 2.45) is 5.92 Å². The second kappa shape index (κ2) is 8.88. The van der Waals surface area contributed by atoms with E-state index in [0.717, 1.165) is 25.9 Å². The number of nitrogens with one attached hydrogen (secondary N) is 2. The fourth-order valence-electron chi connectivity index (χ4n) is 3.69. The van der Waals surface area contributed by atoms with Gasteiger partial charge in [0.25, 0.3) is 5.91 Å². The number of hydrogen-bond acceptors (Lipinski definition) is 3. The number of urea groups is 1. The molecule has 1 atom stereocenters. The van der Waals surface area contributed by atoms with Gasteiger partial charge in [0.1, 0.15) is 0 Å². The van der Waals surface area contributed by atoms with Crippen molar-refractivity contribution in [2.45, 2.75) is 32.6 Å². The summed E-state index contributed by atoms with van der Waals surface area (Å²) in [5.74, 6) is -0.132. The Kier molecular flexibility index (Phi) is 6.32. The number of anilines is 1. The molecule has 146 valence electrons. The van der Waals surface area contributed by atoms with Crippen molar-refractivity contribution in [3.63, 3.8) is 0 Å². The monoisotopic (exact) mass is 372 g/mol. The van der Waals surface area contributed by atoms with Crippen LogP contribution in [0.4, 0.5) is 10.5 Å². The van der Waals surface area contributed by atoms with Crippen LogP contribution in [0.2, 0.25) is 0 Å². The first kappa shape index (κ1) is 19.2. The summed E-state index contributed by atoms with van der Waals surface area (Å²) < 4.78 is 0. The van der Waals surface area contributed by atoms with Gasteiger partial charge in [-0.15, -0.1) is 0 Å². The third-order valence-corrected chi connectivity index (χ3v) is 5.20. The zero-order chi connectivity index (χ0) is 19.2. The van der Waals surface area contributed by atoms with Crippen molar-refractivity contribution >= 4 is 23.5 Å². The van der Waals surface area contributed by atoms with Crippen LogP contribution >= 0.6 is 0 Å². The van der Waals surface area contributed by atoms with Crippen LogP contribution in [-0.2, 0) is 4.79 Å². The molecule has 0 aromatic heterocycles. The van der Waals surface area contributed by atoms with Gasteiger partial charge in [0, 0.05) is 44.0 Å². The highest BCUT2D eigenvalue weighted by molar-refractivity contribution is 5.97. The summed E-state index contributed by atoms with van der Waals surface area (Å²) in [4.78, 5) is 40.6. The number of benzene rings is 1. The van der Waals surface area contributed by atoms with E-state index in [4.69, 9.17) is 0 Å². The summed E-state index contributed by atoms with van der Waals surface area (Å²) in [6.07, 6.45) is 3.94. The first-order chi connectivity index (χ1) is 13.1. The molecule has 2 saturated heterocycles. The zero-order valence-corrected chi connectivity index (χ0v) is 15.9. The van der Waals surface area contributed by atoms with Gasteiger partial charge >= 0.3 is 6.03 Å². The molecule has 0 saturated carbocycles. The standard InChI is InChI=1S/C20H28N4O3/c1-2-21-18(25)16-9-12-24(14-16)20(27)22-17-8-6-7-15(13-17)19(26)23-10-4-3-5-11-23/h6-8,13,16H,2-5,9-12,14H2,1H3,(H,21,25)(H,22,27)/t16-/m1/s1. The molecule has 2 aliphatic heterocycles. The Morgan fingerprint density at radius 3 is 2.59 bits per heavy atom. The Hall–Kier alpha value is -2.57. The molecule has 7 nitrogen and oxygen atoms in total. The second-order valence-corrected chi connectivity index (χ2v) is 7.19. The minimum atomic E-state index is -0.232. The molecule has 0 unspecified atom stereocenters. The lowest BCUT2D eigenvalue weighted by atomic mass is 10.1. The van der Waals surface area contributed by atoms with Gasteiger partial charge in [0.15, 0.2) is 0 Å². The highest BCUT2D eigenvalue weighted by Gasteiger charge is 2.30. The molecule has 1 aromatic carbocycles. The Bertz CT molecular complexity index is 700. The van der Waals surface area contributed by atoms with Crippen LogP contribution in [0.15, 0.2) is 24.3 Å². The topological polar surface area (TPSA) is 81.8 Å². The normalized spacial score (nSPS) is 19.7. The summed E-state index contributed by atoms with van der Waals surface area (Å²) in [5, 5.41) is 5.67. The summed E-state index contributed by atoms with van der Waals surface area (Å²) in [6.45, 7) is 5.05. The fourth-order valence-corrected chi connectivity index (χ4v) is 3.69. The van der Waals surface area contributed by atoms with Crippen LogP contribution in [0.5, 0.6) is 0 Å². The number of nitrogens with zero attached hydrogens (tertiary/aromatic N) is 2. The molecule has 2 fully saturated rings. The van der Waals surface area contributed by atoms with Crippen molar-refractivity contribution in [3.8, 4) is 0 Å². The molecule has 0 spiro atoms. The largest absolute Gasteiger partial charge is 0.356 e. The third-order valence-electron chi connectivity index (χ3n) is 5.20. The first-order valence-electron chi connectivity index (χ1n) is 9.81. The highest BCUT2D eigenvalue weighted by atomic mass is 16.2. The number of hydrogen-bond donors (Lipinski definition) is 2. The molecular formula is C20H28N4O3. The van der Waals surface area contributed by atoms with Crippen molar-refractivity contribution in [1.82, 2.24) is 15.1 Å². The molecule has 2 heterocycles. The first-order valence-corrected chi connectivity index (χ1v) is 9.81. The minimum absolute atomic E-state index is 0.00178. The van der Waals surface area contributed by atoms with Crippen LogP contribution in [0, 0.1) is 5.92 Å². The summed E-state index contributed by atoms with van der Waals surface area (Å²) >= 11 is 0. The van der Waals surface area contributed by atoms with E-state index in [1.807, 2.05) is 11.8 Å². The van der Waals surface area contributed by atoms with Gasteiger partial charge in [-0.2, -0.15) is 0 Å². The molecule has 0 radical (unpaired) electrons. The fraction of sp³-hybridized carbons (Fsp3) is 0.550. The predicted molar refractivity (Wildman–Crippen MR) is 104 cm³/mol. The molecule has 0 aliphatic carbocycles. The molecule has 7 heteroatoms. The summed E-state index contributed by atoms with van der Waals surface area (Å²) in [6, 6.07) is 6.85. The molecule has 3 rings (SSSR count). The zero-order valence-electron chi connectivity index (χ0n) is 15.9. The average molecular weight is 372 g/mol. The van der Waals surface area contributed by atoms with Crippen LogP contribution in [0.3, 0.4) is 0 Å². The quantitative estimate of drug-likeness (QED) is 0.851. The predicted octanol–water partition coefficient (Wildman–Crippen LogP) is 2.30. The van der Waals surface area contributed by atoms with E-state index < -0.39 is 0 Å². The van der Waals surface area contributed by atoms with Crippen LogP contribution in [0.25, 0.3) is 0 Å². The number of rotatable bonds is 4. The van der Waals surface area contributed by atoms with Crippen molar-refractivity contribution in [2.75, 3.05) is 38.0 Å². The Labute approximate surface area is 160 Å². The van der Waals surface area contributed by atoms with E-state index in [1.165, 1.54) is 6.42 Å². The molecule has 2 N–H and O–H groups in total. The van der Waals surface area contributed by atoms with E-state index >= 15 is 0 Å². The second-order valence-electron chi connectivity index (χ2n) is 7.19. The minimum Gasteiger partial charge on any atom is -0.356 e. The van der Waals surface area contributed by atoms with Crippen LogP contribution in [-0.4, -0.2) is 60.4 Å². The van der Waals surface area contributed by atoms with Gasteiger partial charge in [-0.3, -0.25) is 9.59 Å². The van der Waals surface area contributed by atoms with Gasteiger partial charge in [0.05, 0.1) is 5.92 Å². The van der Waals surface area contributed by atoms with E-state index in [9.17, 15) is 14.4 Å². The Balaban J connectivity index is 1.58. The SMILES string of the molecule is CCNC(=O)[C@@H]1CCN(C(=O)Nc2cccc(C(=O)N3CCCCC3)c2)C1. The van der Waals surface area contributed by atoms with E-state index in [1.54, 1.807) is 29.2 Å². The lowest BCUT2D eigenvalue weighted by Crippen LogP contribution is -2.36. The smallest absolute Gasteiger partial charge is 0.321 e. The number of likely N-dealkylation sites (tertiary alicyclic amines) is 2. The van der Waals surface area contributed by atoms with Crippen molar-refractivity contribution in [1.29, 1.82) is 0 Å². The molecule has 1 aromatic rings. The summed E-state index contributed by atoms with van der Waals surface area (Å²) in [5.41, 5.74) is 1.20. The van der Waals surface area contributed by atoms with Crippen molar-refractivity contribution in [3.05, 3.63) is 29.8 Å². The maximum absolute atomic E-state index is 12.6. The lowest BCUT2D eigenvalue weighted by Gasteiger charge is -2.27. The lowest BCUT2D eigenvalue weighted by molar-refractivity contribution is -0.124. The Morgan fingerprint density at radius 1 is 1.07 bits per heavy atom. The van der Waals surface area contributed by atoms with Gasteiger partial charge < -0.3 is 20.4 Å². The number of piperidine rings is 1. The molecule has 0 bridgehead atoms. The third kappa shape index (κ3) is 4.78. The van der Waals surface area contributed by atoms with Gasteiger partial charge in [0.2, 0.25) is 5.91 Å². The summed E-state index contributed by atoms with van der Waals surface area (Å²) in [7, 11) is 0. The van der Waals surface area contributed by atoms with Crippen LogP contribution in [0.1, 0.15) is 43.0 Å². The maximum atomic E-state index is 12.6. The molecule has 27 heavy (non-hydrogen) atoms. The van der Waals surface area contributed by atoms with Gasteiger partial charge in [-0.25, -0.2) is 4.79 Å². The number of amides is 4. The number of carbonyl (C=O) groups excluding carboxylic acids is 3. The average Bonchev–Trinajstić information content (AvgIpc) is 3.19. The van der Waals surface area contributed by atoms with Crippen LogP contribution < -0.4 is 10.6 Å². The van der Waals surface area contributed by atoms with Gasteiger partial charge in [-0.1, -0.05) is 6.07 Å². The van der Waals surface area contributed by atoms with Gasteiger partial charge in [-0.05, 0) is 50.8 Å². The number of carbonyl (C=O) groups is 3. The van der Waals surface area contributed by atoms with E-state index in [0.29, 0.717) is 37.3 Å². The Morgan fingerprint density at radius 2 is 1.85 bits per heavy atom. The van der Waals surface area contributed by atoms with E-state index in [-0.39, 0.29) is 23.8 Å². The molecule has 2 aliphatic rings.